The Hall–Kier alpha value is -2.01. The monoisotopic (exact) mass is 356 g/mol. The number of aliphatic hydroxyl groups excluding tert-OH is 1. The zero-order valence-corrected chi connectivity index (χ0v) is 14.1. The van der Waals surface area contributed by atoms with Crippen molar-refractivity contribution >= 4 is 5.97 Å². The van der Waals surface area contributed by atoms with Gasteiger partial charge in [-0.2, -0.15) is 0 Å². The van der Waals surface area contributed by atoms with Crippen LogP contribution in [0.1, 0.15) is 32.6 Å². The van der Waals surface area contributed by atoms with Gasteiger partial charge in [-0.15, -0.1) is 0 Å². The SMILES string of the molecule is CC(=O)OCc1cn([C@@H]2O[C@H](CO)[C@@H]3OC(C)(C)OC32)c(=O)[nH]c1=O. The van der Waals surface area contributed by atoms with Crippen LogP contribution in [0.15, 0.2) is 15.8 Å². The number of aliphatic hydroxyl groups is 1. The van der Waals surface area contributed by atoms with E-state index >= 15 is 0 Å². The van der Waals surface area contributed by atoms with Gasteiger partial charge >= 0.3 is 11.7 Å². The molecule has 10 heteroatoms. The van der Waals surface area contributed by atoms with Crippen molar-refractivity contribution < 1.29 is 28.8 Å². The smallest absolute Gasteiger partial charge is 0.330 e. The molecule has 0 amide bonds. The number of hydrogen-bond donors (Lipinski definition) is 2. The molecule has 0 aromatic carbocycles. The fraction of sp³-hybridized carbons (Fsp3) is 0.667. The standard InChI is InChI=1S/C15H20N2O8/c1-7(19)22-6-8-4-17(14(21)16-12(8)20)13-11-10(9(5-18)23-13)24-15(2,3)25-11/h4,9-11,13,18H,5-6H2,1-3H3,(H,16,20,21)/t9-,10+,11?,13-/m1/s1. The Bertz CT molecular complexity index is 782. The van der Waals surface area contributed by atoms with Gasteiger partial charge in [-0.05, 0) is 13.8 Å². The van der Waals surface area contributed by atoms with E-state index in [1.165, 1.54) is 13.1 Å². The maximum absolute atomic E-state index is 12.2. The average Bonchev–Trinajstić information content (AvgIpc) is 2.99. The van der Waals surface area contributed by atoms with Crippen molar-refractivity contribution in [2.24, 2.45) is 0 Å². The van der Waals surface area contributed by atoms with E-state index in [4.69, 9.17) is 18.9 Å². The zero-order chi connectivity index (χ0) is 18.4. The van der Waals surface area contributed by atoms with Crippen LogP contribution >= 0.6 is 0 Å². The number of carbonyl (C=O) groups is 1. The highest BCUT2D eigenvalue weighted by atomic mass is 16.8. The van der Waals surface area contributed by atoms with Crippen LogP contribution in [0.25, 0.3) is 0 Å². The molecule has 0 saturated carbocycles. The third kappa shape index (κ3) is 3.38. The molecule has 1 unspecified atom stereocenters. The van der Waals surface area contributed by atoms with E-state index in [0.29, 0.717) is 0 Å². The lowest BCUT2D eigenvalue weighted by Crippen LogP contribution is -2.38. The molecule has 10 nitrogen and oxygen atoms in total. The highest BCUT2D eigenvalue weighted by Gasteiger charge is 2.55. The minimum atomic E-state index is -0.899. The lowest BCUT2D eigenvalue weighted by molar-refractivity contribution is -0.200. The fourth-order valence-electron chi connectivity index (χ4n) is 3.03. The van der Waals surface area contributed by atoms with Crippen molar-refractivity contribution in [3.63, 3.8) is 0 Å². The van der Waals surface area contributed by atoms with Crippen LogP contribution < -0.4 is 11.2 Å². The Labute approximate surface area is 142 Å². The van der Waals surface area contributed by atoms with Crippen molar-refractivity contribution in [3.8, 4) is 0 Å². The normalized spacial score (nSPS) is 30.2. The van der Waals surface area contributed by atoms with E-state index in [1.807, 2.05) is 0 Å². The minimum Gasteiger partial charge on any atom is -0.461 e. The summed E-state index contributed by atoms with van der Waals surface area (Å²) < 4.78 is 23.2. The Morgan fingerprint density at radius 2 is 2.04 bits per heavy atom. The lowest BCUT2D eigenvalue weighted by Gasteiger charge is -2.24. The first kappa shape index (κ1) is 17.8. The number of rotatable bonds is 4. The van der Waals surface area contributed by atoms with Gasteiger partial charge in [0, 0.05) is 13.1 Å². The van der Waals surface area contributed by atoms with Gasteiger partial charge < -0.3 is 24.1 Å². The summed E-state index contributed by atoms with van der Waals surface area (Å²) in [5.41, 5.74) is -1.27. The minimum absolute atomic E-state index is 0.0839. The van der Waals surface area contributed by atoms with Crippen molar-refractivity contribution in [2.45, 2.75) is 57.7 Å². The van der Waals surface area contributed by atoms with Crippen LogP contribution in [0, 0.1) is 0 Å². The second kappa shape index (κ2) is 6.37. The molecule has 2 aliphatic rings. The summed E-state index contributed by atoms with van der Waals surface area (Å²) in [5.74, 6) is -1.44. The second-order valence-electron chi connectivity index (χ2n) is 6.41. The molecule has 0 bridgehead atoms. The number of hydrogen-bond acceptors (Lipinski definition) is 8. The second-order valence-corrected chi connectivity index (χ2v) is 6.41. The topological polar surface area (TPSA) is 129 Å². The highest BCUT2D eigenvalue weighted by molar-refractivity contribution is 5.65. The van der Waals surface area contributed by atoms with Crippen molar-refractivity contribution in [1.29, 1.82) is 0 Å². The number of esters is 1. The lowest BCUT2D eigenvalue weighted by atomic mass is 10.1. The van der Waals surface area contributed by atoms with Crippen LogP contribution in [0.2, 0.25) is 0 Å². The number of H-pyrrole nitrogens is 1. The molecule has 1 aromatic rings. The predicted octanol–water partition coefficient (Wildman–Crippen LogP) is -0.990. The van der Waals surface area contributed by atoms with Crippen LogP contribution in [0.5, 0.6) is 0 Å². The Kier molecular flexibility index (Phi) is 4.54. The van der Waals surface area contributed by atoms with Gasteiger partial charge in [-0.1, -0.05) is 0 Å². The summed E-state index contributed by atoms with van der Waals surface area (Å²) in [5, 5.41) is 9.50. The molecule has 3 heterocycles. The molecule has 3 rings (SSSR count). The van der Waals surface area contributed by atoms with E-state index in [9.17, 15) is 19.5 Å². The van der Waals surface area contributed by atoms with Gasteiger partial charge in [0.25, 0.3) is 5.56 Å². The maximum Gasteiger partial charge on any atom is 0.330 e. The maximum atomic E-state index is 12.2. The molecule has 0 radical (unpaired) electrons. The number of fused-ring (bicyclic) bond motifs is 1. The number of nitrogens with one attached hydrogen (secondary N) is 1. The van der Waals surface area contributed by atoms with Gasteiger partial charge in [0.15, 0.2) is 12.0 Å². The van der Waals surface area contributed by atoms with Crippen LogP contribution in [-0.4, -0.2) is 51.3 Å². The number of aromatic nitrogens is 2. The molecular weight excluding hydrogens is 336 g/mol. The summed E-state index contributed by atoms with van der Waals surface area (Å²) in [6.07, 6.45) is -1.50. The van der Waals surface area contributed by atoms with Crippen LogP contribution in [0.4, 0.5) is 0 Å². The summed E-state index contributed by atoms with van der Waals surface area (Å²) in [6, 6.07) is 0. The largest absolute Gasteiger partial charge is 0.461 e. The Balaban J connectivity index is 1.95. The molecule has 2 saturated heterocycles. The highest BCUT2D eigenvalue weighted by Crippen LogP contribution is 2.42. The summed E-state index contributed by atoms with van der Waals surface area (Å²) in [4.78, 5) is 37.2. The molecular formula is C15H20N2O8. The molecule has 25 heavy (non-hydrogen) atoms. The molecule has 4 atom stereocenters. The molecule has 2 fully saturated rings. The average molecular weight is 356 g/mol. The molecule has 0 aliphatic carbocycles. The molecule has 0 spiro atoms. The first-order valence-electron chi connectivity index (χ1n) is 7.81. The summed E-state index contributed by atoms with van der Waals surface area (Å²) >= 11 is 0. The third-order valence-electron chi connectivity index (χ3n) is 4.05. The quantitative estimate of drug-likeness (QED) is 0.658. The van der Waals surface area contributed by atoms with Gasteiger partial charge in [-0.25, -0.2) is 4.79 Å². The van der Waals surface area contributed by atoms with E-state index in [2.05, 4.69) is 4.98 Å². The molecule has 2 N–H and O–H groups in total. The number of aromatic amines is 1. The zero-order valence-electron chi connectivity index (χ0n) is 14.1. The van der Waals surface area contributed by atoms with E-state index < -0.39 is 47.5 Å². The number of ether oxygens (including phenoxy) is 4. The first-order chi connectivity index (χ1) is 11.7. The molecule has 138 valence electrons. The number of nitrogens with zero attached hydrogens (tertiary/aromatic N) is 1. The van der Waals surface area contributed by atoms with Gasteiger partial charge in [-0.3, -0.25) is 19.1 Å². The molecule has 2 aliphatic heterocycles. The summed E-state index contributed by atoms with van der Waals surface area (Å²) in [7, 11) is 0. The van der Waals surface area contributed by atoms with E-state index in [0.717, 1.165) is 4.57 Å². The first-order valence-corrected chi connectivity index (χ1v) is 7.81. The number of carbonyl (C=O) groups excluding carboxylic acids is 1. The van der Waals surface area contributed by atoms with E-state index in [-0.39, 0.29) is 18.8 Å². The third-order valence-corrected chi connectivity index (χ3v) is 4.05. The van der Waals surface area contributed by atoms with Gasteiger partial charge in [0.05, 0.1) is 12.2 Å². The Morgan fingerprint density at radius 1 is 1.36 bits per heavy atom. The van der Waals surface area contributed by atoms with Crippen molar-refractivity contribution in [2.75, 3.05) is 6.61 Å². The summed E-state index contributed by atoms with van der Waals surface area (Å²) in [6.45, 7) is 4.07. The molecule has 1 aromatic heterocycles. The van der Waals surface area contributed by atoms with Gasteiger partial charge in [0.1, 0.15) is 24.9 Å². The fourth-order valence-corrected chi connectivity index (χ4v) is 3.03. The van der Waals surface area contributed by atoms with Crippen molar-refractivity contribution in [1.82, 2.24) is 9.55 Å². The van der Waals surface area contributed by atoms with Crippen LogP contribution in [0.3, 0.4) is 0 Å². The van der Waals surface area contributed by atoms with Crippen molar-refractivity contribution in [3.05, 3.63) is 32.6 Å². The Morgan fingerprint density at radius 3 is 2.68 bits per heavy atom. The predicted molar refractivity (Wildman–Crippen MR) is 81.6 cm³/mol. The van der Waals surface area contributed by atoms with Gasteiger partial charge in [0.2, 0.25) is 0 Å². The van der Waals surface area contributed by atoms with Crippen LogP contribution in [-0.2, 0) is 30.3 Å². The van der Waals surface area contributed by atoms with E-state index in [1.54, 1.807) is 13.8 Å².